The van der Waals surface area contributed by atoms with Crippen molar-refractivity contribution in [3.63, 3.8) is 0 Å². The van der Waals surface area contributed by atoms with Gasteiger partial charge in [0.2, 0.25) is 0 Å². The van der Waals surface area contributed by atoms with Crippen LogP contribution < -0.4 is 5.73 Å². The topological polar surface area (TPSA) is 53.1 Å². The van der Waals surface area contributed by atoms with Gasteiger partial charge in [-0.25, -0.2) is 4.98 Å². The van der Waals surface area contributed by atoms with Crippen molar-refractivity contribution < 1.29 is 4.74 Å². The third kappa shape index (κ3) is 2.18. The van der Waals surface area contributed by atoms with Crippen LogP contribution in [0.25, 0.3) is 11.0 Å². The van der Waals surface area contributed by atoms with Crippen LogP contribution in [0.3, 0.4) is 0 Å². The summed E-state index contributed by atoms with van der Waals surface area (Å²) in [5, 5.41) is 0. The summed E-state index contributed by atoms with van der Waals surface area (Å²) in [6.07, 6.45) is 0.933. The maximum absolute atomic E-state index is 5.72. The Hall–Kier alpha value is -1.39. The molecule has 4 nitrogen and oxygen atoms in total. The van der Waals surface area contributed by atoms with Gasteiger partial charge in [0.05, 0.1) is 11.0 Å². The smallest absolute Gasteiger partial charge is 0.140 e. The van der Waals surface area contributed by atoms with Gasteiger partial charge in [-0.3, -0.25) is 0 Å². The molecule has 0 fully saturated rings. The van der Waals surface area contributed by atoms with Gasteiger partial charge in [-0.1, -0.05) is 19.1 Å². The number of nitrogens with zero attached hydrogens (tertiary/aromatic N) is 2. The Morgan fingerprint density at radius 1 is 1.41 bits per heavy atom. The van der Waals surface area contributed by atoms with E-state index in [2.05, 4.69) is 22.5 Å². The summed E-state index contributed by atoms with van der Waals surface area (Å²) < 4.78 is 7.60. The Morgan fingerprint density at radius 2 is 2.18 bits per heavy atom. The van der Waals surface area contributed by atoms with Crippen LogP contribution in [0.2, 0.25) is 0 Å². The molecule has 1 unspecified atom stereocenters. The van der Waals surface area contributed by atoms with E-state index >= 15 is 0 Å². The first-order chi connectivity index (χ1) is 8.31. The quantitative estimate of drug-likeness (QED) is 0.860. The Bertz CT molecular complexity index is 488. The lowest BCUT2D eigenvalue weighted by molar-refractivity contribution is 0.100. The van der Waals surface area contributed by atoms with Crippen molar-refractivity contribution in [3.05, 3.63) is 30.1 Å². The maximum Gasteiger partial charge on any atom is 0.140 e. The number of fused-ring (bicyclic) bond motifs is 1. The third-order valence-corrected chi connectivity index (χ3v) is 2.92. The second kappa shape index (κ2) is 5.29. The standard InChI is InChI=1S/C13H19N3O/c1-3-8-16-11-7-5-4-6-10(11)15-13(16)12(9-14)17-2/h4-7,12H,3,8-9,14H2,1-2H3. The molecular formula is C13H19N3O. The van der Waals surface area contributed by atoms with Crippen molar-refractivity contribution in [1.29, 1.82) is 0 Å². The lowest BCUT2D eigenvalue weighted by atomic mass is 10.3. The molecular weight excluding hydrogens is 214 g/mol. The molecule has 0 saturated carbocycles. The van der Waals surface area contributed by atoms with E-state index in [1.165, 1.54) is 0 Å². The predicted octanol–water partition coefficient (Wildman–Crippen LogP) is 2.09. The number of aryl methyl sites for hydroxylation is 1. The van der Waals surface area contributed by atoms with Gasteiger partial charge in [-0.05, 0) is 18.6 Å². The zero-order valence-electron chi connectivity index (χ0n) is 10.4. The number of methoxy groups -OCH3 is 1. The van der Waals surface area contributed by atoms with Crippen molar-refractivity contribution in [3.8, 4) is 0 Å². The van der Waals surface area contributed by atoms with Crippen LogP contribution in [-0.2, 0) is 11.3 Å². The Kier molecular flexibility index (Phi) is 3.76. The third-order valence-electron chi connectivity index (χ3n) is 2.92. The van der Waals surface area contributed by atoms with Crippen molar-refractivity contribution >= 4 is 11.0 Å². The zero-order valence-corrected chi connectivity index (χ0v) is 10.4. The molecule has 17 heavy (non-hydrogen) atoms. The monoisotopic (exact) mass is 233 g/mol. The highest BCUT2D eigenvalue weighted by Crippen LogP contribution is 2.22. The summed E-state index contributed by atoms with van der Waals surface area (Å²) in [5.74, 6) is 0.929. The summed E-state index contributed by atoms with van der Waals surface area (Å²) in [5.41, 5.74) is 7.88. The molecule has 0 bridgehead atoms. The van der Waals surface area contributed by atoms with Crippen LogP contribution in [0, 0.1) is 0 Å². The second-order valence-corrected chi connectivity index (χ2v) is 4.07. The molecule has 4 heteroatoms. The van der Waals surface area contributed by atoms with Crippen molar-refractivity contribution in [2.75, 3.05) is 13.7 Å². The van der Waals surface area contributed by atoms with Crippen LogP contribution in [-0.4, -0.2) is 23.2 Å². The molecule has 92 valence electrons. The molecule has 1 atom stereocenters. The number of benzene rings is 1. The van der Waals surface area contributed by atoms with Gasteiger partial charge in [0.1, 0.15) is 11.9 Å². The van der Waals surface area contributed by atoms with E-state index in [4.69, 9.17) is 10.5 Å². The molecule has 1 aromatic heterocycles. The molecule has 0 amide bonds. The fourth-order valence-electron chi connectivity index (χ4n) is 2.11. The van der Waals surface area contributed by atoms with Crippen LogP contribution in [0.1, 0.15) is 25.3 Å². The lowest BCUT2D eigenvalue weighted by Crippen LogP contribution is -2.19. The first-order valence-corrected chi connectivity index (χ1v) is 5.99. The molecule has 0 aliphatic carbocycles. The van der Waals surface area contributed by atoms with Gasteiger partial charge in [-0.2, -0.15) is 0 Å². The molecule has 2 aromatic rings. The number of ether oxygens (including phenoxy) is 1. The van der Waals surface area contributed by atoms with Crippen LogP contribution >= 0.6 is 0 Å². The Balaban J connectivity index is 2.56. The average molecular weight is 233 g/mol. The van der Waals surface area contributed by atoms with E-state index in [9.17, 15) is 0 Å². The van der Waals surface area contributed by atoms with Gasteiger partial charge in [0, 0.05) is 20.2 Å². The number of rotatable bonds is 5. The number of hydrogen-bond donors (Lipinski definition) is 1. The molecule has 0 aliphatic rings. The van der Waals surface area contributed by atoms with Gasteiger partial charge >= 0.3 is 0 Å². The molecule has 1 aromatic carbocycles. The van der Waals surface area contributed by atoms with Crippen molar-refractivity contribution in [2.45, 2.75) is 26.0 Å². The first kappa shape index (κ1) is 12.1. The maximum atomic E-state index is 5.72. The van der Waals surface area contributed by atoms with Crippen LogP contribution in [0.5, 0.6) is 0 Å². The Morgan fingerprint density at radius 3 is 2.82 bits per heavy atom. The predicted molar refractivity (Wildman–Crippen MR) is 68.8 cm³/mol. The van der Waals surface area contributed by atoms with E-state index in [0.29, 0.717) is 6.54 Å². The zero-order chi connectivity index (χ0) is 12.3. The minimum atomic E-state index is -0.131. The summed E-state index contributed by atoms with van der Waals surface area (Å²) >= 11 is 0. The average Bonchev–Trinajstić information content (AvgIpc) is 2.71. The highest BCUT2D eigenvalue weighted by atomic mass is 16.5. The minimum Gasteiger partial charge on any atom is -0.372 e. The molecule has 2 rings (SSSR count). The summed E-state index contributed by atoms with van der Waals surface area (Å²) in [6.45, 7) is 3.54. The first-order valence-electron chi connectivity index (χ1n) is 5.99. The largest absolute Gasteiger partial charge is 0.372 e. The normalized spacial score (nSPS) is 13.1. The Labute approximate surface area is 101 Å². The van der Waals surface area contributed by atoms with Crippen molar-refractivity contribution in [1.82, 2.24) is 9.55 Å². The van der Waals surface area contributed by atoms with Crippen molar-refractivity contribution in [2.24, 2.45) is 5.73 Å². The van der Waals surface area contributed by atoms with E-state index in [0.717, 1.165) is 29.8 Å². The van der Waals surface area contributed by atoms with Gasteiger partial charge in [0.15, 0.2) is 0 Å². The fourth-order valence-corrected chi connectivity index (χ4v) is 2.11. The van der Waals surface area contributed by atoms with E-state index < -0.39 is 0 Å². The van der Waals surface area contributed by atoms with Gasteiger partial charge in [-0.15, -0.1) is 0 Å². The number of para-hydroxylation sites is 2. The van der Waals surface area contributed by atoms with E-state index in [-0.39, 0.29) is 6.10 Å². The molecule has 0 saturated heterocycles. The van der Waals surface area contributed by atoms with Gasteiger partial charge in [0.25, 0.3) is 0 Å². The minimum absolute atomic E-state index is 0.131. The molecule has 0 radical (unpaired) electrons. The molecule has 0 spiro atoms. The van der Waals surface area contributed by atoms with Crippen LogP contribution in [0.15, 0.2) is 24.3 Å². The number of imidazole rings is 1. The second-order valence-electron chi connectivity index (χ2n) is 4.07. The molecule has 2 N–H and O–H groups in total. The number of aromatic nitrogens is 2. The summed E-state index contributed by atoms with van der Waals surface area (Å²) in [6, 6.07) is 8.14. The highest BCUT2D eigenvalue weighted by molar-refractivity contribution is 5.76. The highest BCUT2D eigenvalue weighted by Gasteiger charge is 2.17. The molecule has 1 heterocycles. The summed E-state index contributed by atoms with van der Waals surface area (Å²) in [7, 11) is 1.67. The molecule has 0 aliphatic heterocycles. The SMILES string of the molecule is CCCn1c(C(CN)OC)nc2ccccc21. The summed E-state index contributed by atoms with van der Waals surface area (Å²) in [4.78, 5) is 4.63. The lowest BCUT2D eigenvalue weighted by Gasteiger charge is -2.14. The fraction of sp³-hybridized carbons (Fsp3) is 0.462. The van der Waals surface area contributed by atoms with E-state index in [1.807, 2.05) is 18.2 Å². The number of nitrogens with two attached hydrogens (primary N) is 1. The van der Waals surface area contributed by atoms with E-state index in [1.54, 1.807) is 7.11 Å². The van der Waals surface area contributed by atoms with Gasteiger partial charge < -0.3 is 15.0 Å². The number of hydrogen-bond acceptors (Lipinski definition) is 3. The van der Waals surface area contributed by atoms with Crippen LogP contribution in [0.4, 0.5) is 0 Å².